The van der Waals surface area contributed by atoms with Crippen LogP contribution in [0.25, 0.3) is 0 Å². The van der Waals surface area contributed by atoms with Crippen LogP contribution < -0.4 is 4.74 Å². The lowest BCUT2D eigenvalue weighted by Gasteiger charge is -2.40. The molecule has 0 bridgehead atoms. The molecule has 4 nitrogen and oxygen atoms in total. The zero-order valence-corrected chi connectivity index (χ0v) is 16.3. The second kappa shape index (κ2) is 10.1. The number of hydrogen-bond acceptors (Lipinski definition) is 4. The monoisotopic (exact) mass is 349 g/mol. The summed E-state index contributed by atoms with van der Waals surface area (Å²) < 4.78 is 11.5. The Morgan fingerprint density at radius 2 is 1.80 bits per heavy atom. The third-order valence-electron chi connectivity index (χ3n) is 5.13. The predicted octanol–water partition coefficient (Wildman–Crippen LogP) is 3.83. The van der Waals surface area contributed by atoms with Crippen LogP contribution in [0.15, 0.2) is 24.3 Å². The molecule has 1 aromatic carbocycles. The molecular formula is C21H35NO3. The molecule has 3 atom stereocenters. The summed E-state index contributed by atoms with van der Waals surface area (Å²) in [5.41, 5.74) is 1.22. The number of nitrogens with zero attached hydrogens (tertiary/aromatic N) is 1. The van der Waals surface area contributed by atoms with E-state index in [9.17, 15) is 5.11 Å². The van der Waals surface area contributed by atoms with Crippen LogP contribution in [0.5, 0.6) is 5.75 Å². The van der Waals surface area contributed by atoms with Gasteiger partial charge in [0.05, 0.1) is 19.3 Å². The van der Waals surface area contributed by atoms with E-state index in [-0.39, 0.29) is 0 Å². The highest BCUT2D eigenvalue weighted by Crippen LogP contribution is 2.25. The summed E-state index contributed by atoms with van der Waals surface area (Å²) in [6, 6.07) is 9.24. The molecule has 0 saturated carbocycles. The van der Waals surface area contributed by atoms with Gasteiger partial charge in [-0.25, -0.2) is 0 Å². The fourth-order valence-corrected chi connectivity index (χ4v) is 3.65. The minimum absolute atomic E-state index is 0.366. The molecule has 1 N–H and O–H groups in total. The van der Waals surface area contributed by atoms with Crippen LogP contribution in [0.1, 0.15) is 58.4 Å². The number of aliphatic hydroxyl groups excluding tert-OH is 1. The Balaban J connectivity index is 1.66. The van der Waals surface area contributed by atoms with E-state index in [4.69, 9.17) is 9.47 Å². The van der Waals surface area contributed by atoms with E-state index in [1.807, 2.05) is 18.2 Å². The molecule has 4 heteroatoms. The molecule has 2 rings (SSSR count). The molecular weight excluding hydrogens is 314 g/mol. The maximum Gasteiger partial charge on any atom is 0.122 e. The number of aliphatic hydroxyl groups is 1. The van der Waals surface area contributed by atoms with Gasteiger partial charge in [0.25, 0.3) is 0 Å². The molecule has 0 amide bonds. The number of hydrogen-bond donors (Lipinski definition) is 1. The number of piperidine rings is 1. The summed E-state index contributed by atoms with van der Waals surface area (Å²) in [6.07, 6.45) is 3.30. The van der Waals surface area contributed by atoms with Gasteiger partial charge >= 0.3 is 0 Å². The molecule has 1 heterocycles. The van der Waals surface area contributed by atoms with Gasteiger partial charge in [0.1, 0.15) is 12.4 Å². The van der Waals surface area contributed by atoms with Crippen LogP contribution >= 0.6 is 0 Å². The summed E-state index contributed by atoms with van der Waals surface area (Å²) >= 11 is 0. The zero-order chi connectivity index (χ0) is 18.2. The van der Waals surface area contributed by atoms with Crippen molar-refractivity contribution >= 4 is 0 Å². The molecule has 1 aromatic rings. The van der Waals surface area contributed by atoms with Crippen molar-refractivity contribution in [2.24, 2.45) is 0 Å². The summed E-state index contributed by atoms with van der Waals surface area (Å²) in [5.74, 6) is 1.37. The number of rotatable bonds is 9. The van der Waals surface area contributed by atoms with Crippen LogP contribution in [0.4, 0.5) is 0 Å². The molecule has 0 unspecified atom stereocenters. The molecule has 25 heavy (non-hydrogen) atoms. The van der Waals surface area contributed by atoms with Gasteiger partial charge in [0, 0.05) is 18.6 Å². The largest absolute Gasteiger partial charge is 0.491 e. The van der Waals surface area contributed by atoms with E-state index in [0.717, 1.165) is 5.75 Å². The van der Waals surface area contributed by atoms with Crippen LogP contribution in [0.3, 0.4) is 0 Å². The first-order valence-electron chi connectivity index (χ1n) is 9.72. The lowest BCUT2D eigenvalue weighted by atomic mass is 9.97. The number of β-amino-alcohol motifs (C(OH)–C–C–N with tert-alkyl or cyclic N) is 1. The predicted molar refractivity (Wildman–Crippen MR) is 102 cm³/mol. The Morgan fingerprint density at radius 3 is 2.48 bits per heavy atom. The van der Waals surface area contributed by atoms with Gasteiger partial charge in [0.15, 0.2) is 0 Å². The Morgan fingerprint density at radius 1 is 1.12 bits per heavy atom. The van der Waals surface area contributed by atoms with Crippen molar-refractivity contribution < 1.29 is 14.6 Å². The van der Waals surface area contributed by atoms with Crippen molar-refractivity contribution in [3.05, 3.63) is 29.8 Å². The van der Waals surface area contributed by atoms with E-state index in [1.54, 1.807) is 0 Å². The first-order valence-corrected chi connectivity index (χ1v) is 9.72. The van der Waals surface area contributed by atoms with Gasteiger partial charge in [-0.2, -0.15) is 0 Å². The van der Waals surface area contributed by atoms with Crippen LogP contribution in [0, 0.1) is 0 Å². The molecule has 0 aliphatic carbocycles. The van der Waals surface area contributed by atoms with E-state index < -0.39 is 6.10 Å². The lowest BCUT2D eigenvalue weighted by molar-refractivity contribution is -0.0141. The molecule has 1 saturated heterocycles. The molecule has 0 spiro atoms. The van der Waals surface area contributed by atoms with Gasteiger partial charge in [-0.1, -0.05) is 38.5 Å². The average molecular weight is 350 g/mol. The van der Waals surface area contributed by atoms with Crippen molar-refractivity contribution in [2.75, 3.05) is 26.4 Å². The summed E-state index contributed by atoms with van der Waals surface area (Å²) in [4.78, 5) is 2.41. The average Bonchev–Trinajstić information content (AvgIpc) is 2.58. The van der Waals surface area contributed by atoms with Gasteiger partial charge in [0.2, 0.25) is 0 Å². The SMILES string of the molecule is CC(C)c1ccccc1OCCOC[C@@H](O)CN1[C@@H](C)CCC[C@@H]1C. The minimum atomic E-state index is -0.439. The number of para-hydroxylation sites is 1. The van der Waals surface area contributed by atoms with Crippen LogP contribution in [0.2, 0.25) is 0 Å². The zero-order valence-electron chi connectivity index (χ0n) is 16.3. The van der Waals surface area contributed by atoms with Crippen molar-refractivity contribution in [3.8, 4) is 5.75 Å². The number of benzene rings is 1. The van der Waals surface area contributed by atoms with E-state index in [0.29, 0.717) is 44.4 Å². The minimum Gasteiger partial charge on any atom is -0.491 e. The number of likely N-dealkylation sites (tertiary alicyclic amines) is 1. The second-order valence-electron chi connectivity index (χ2n) is 7.60. The Hall–Kier alpha value is -1.10. The smallest absolute Gasteiger partial charge is 0.122 e. The highest BCUT2D eigenvalue weighted by Gasteiger charge is 2.26. The van der Waals surface area contributed by atoms with Gasteiger partial charge in [-0.15, -0.1) is 0 Å². The van der Waals surface area contributed by atoms with E-state index in [1.165, 1.54) is 24.8 Å². The van der Waals surface area contributed by atoms with E-state index >= 15 is 0 Å². The highest BCUT2D eigenvalue weighted by atomic mass is 16.5. The summed E-state index contributed by atoms with van der Waals surface area (Å²) in [7, 11) is 0. The van der Waals surface area contributed by atoms with Gasteiger partial charge < -0.3 is 14.6 Å². The maximum absolute atomic E-state index is 10.3. The summed E-state index contributed by atoms with van der Waals surface area (Å²) in [5, 5.41) is 10.3. The maximum atomic E-state index is 10.3. The first-order chi connectivity index (χ1) is 12.0. The quantitative estimate of drug-likeness (QED) is 0.688. The third-order valence-corrected chi connectivity index (χ3v) is 5.13. The topological polar surface area (TPSA) is 41.9 Å². The van der Waals surface area contributed by atoms with Gasteiger partial charge in [-0.3, -0.25) is 4.90 Å². The standard InChI is InChI=1S/C21H35NO3/c1-16(2)20-10-5-6-11-21(20)25-13-12-24-15-19(23)14-22-17(3)8-7-9-18(22)4/h5-6,10-11,16-19,23H,7-9,12-15H2,1-4H3/t17-,18-,19-/m0/s1. The first kappa shape index (κ1) is 20.2. The summed E-state index contributed by atoms with van der Waals surface area (Å²) in [6.45, 7) is 10.9. The molecule has 1 aliphatic rings. The van der Waals surface area contributed by atoms with Gasteiger partial charge in [-0.05, 0) is 44.2 Å². The molecule has 142 valence electrons. The molecule has 0 aromatic heterocycles. The molecule has 1 fully saturated rings. The third kappa shape index (κ3) is 6.28. The lowest BCUT2D eigenvalue weighted by Crippen LogP contribution is -2.48. The van der Waals surface area contributed by atoms with Crippen LogP contribution in [-0.2, 0) is 4.74 Å². The Labute approximate surface area is 153 Å². The molecule has 1 aliphatic heterocycles. The number of ether oxygens (including phenoxy) is 2. The fourth-order valence-electron chi connectivity index (χ4n) is 3.65. The van der Waals surface area contributed by atoms with Crippen molar-refractivity contribution in [1.82, 2.24) is 4.90 Å². The normalized spacial score (nSPS) is 23.0. The second-order valence-corrected chi connectivity index (χ2v) is 7.60. The van der Waals surface area contributed by atoms with Crippen molar-refractivity contribution in [3.63, 3.8) is 0 Å². The molecule has 0 radical (unpaired) electrons. The van der Waals surface area contributed by atoms with Crippen molar-refractivity contribution in [1.29, 1.82) is 0 Å². The Bertz CT molecular complexity index is 496. The van der Waals surface area contributed by atoms with Crippen molar-refractivity contribution in [2.45, 2.75) is 71.1 Å². The van der Waals surface area contributed by atoms with E-state index in [2.05, 4.69) is 38.7 Å². The fraction of sp³-hybridized carbons (Fsp3) is 0.714. The van der Waals surface area contributed by atoms with Crippen LogP contribution in [-0.4, -0.2) is 54.6 Å². The highest BCUT2D eigenvalue weighted by molar-refractivity contribution is 5.35. The Kier molecular flexibility index (Phi) is 8.20.